The summed E-state index contributed by atoms with van der Waals surface area (Å²) in [7, 11) is 0. The molecule has 0 saturated carbocycles. The van der Waals surface area contributed by atoms with E-state index >= 15 is 0 Å². The molecule has 1 heterocycles. The predicted molar refractivity (Wildman–Crippen MR) is 130 cm³/mol. The minimum atomic E-state index is -0.802. The summed E-state index contributed by atoms with van der Waals surface area (Å²) in [4.78, 5) is 0. The molecular weight excluding hydrogens is 416 g/mol. The van der Waals surface area contributed by atoms with Gasteiger partial charge in [0.25, 0.3) is 0 Å². The number of aliphatic hydroxyl groups excluding tert-OH is 1. The fourth-order valence-corrected chi connectivity index (χ4v) is 4.10. The predicted octanol–water partition coefficient (Wildman–Crippen LogP) is 5.64. The van der Waals surface area contributed by atoms with Crippen LogP contribution in [0.5, 0.6) is 0 Å². The summed E-state index contributed by atoms with van der Waals surface area (Å²) in [6.07, 6.45) is 4.31. The molecule has 1 fully saturated rings. The van der Waals surface area contributed by atoms with Crippen LogP contribution in [0.4, 0.5) is 0 Å². The average Bonchev–Trinajstić information content (AvgIpc) is 2.85. The maximum Gasteiger partial charge on any atom is 0.186 e. The molecule has 3 rings (SSSR count). The molecule has 2 aromatic rings. The van der Waals surface area contributed by atoms with Crippen molar-refractivity contribution in [2.45, 2.75) is 96.3 Å². The summed E-state index contributed by atoms with van der Waals surface area (Å²) in [5.74, 6) is 0. The third-order valence-electron chi connectivity index (χ3n) is 6.11. The number of aliphatic hydroxyl groups is 1. The first-order chi connectivity index (χ1) is 16.2. The van der Waals surface area contributed by atoms with Gasteiger partial charge in [-0.25, -0.2) is 0 Å². The van der Waals surface area contributed by atoms with Gasteiger partial charge in [0.15, 0.2) is 6.29 Å². The Hall–Kier alpha value is -1.76. The van der Waals surface area contributed by atoms with Crippen molar-refractivity contribution in [1.29, 1.82) is 0 Å². The van der Waals surface area contributed by atoms with E-state index in [1.54, 1.807) is 0 Å². The monoisotopic (exact) mass is 456 g/mol. The van der Waals surface area contributed by atoms with E-state index in [1.807, 2.05) is 67.6 Å². The number of hydrogen-bond acceptors (Lipinski definition) is 5. The average molecular weight is 457 g/mol. The highest BCUT2D eigenvalue weighted by Gasteiger charge is 2.45. The van der Waals surface area contributed by atoms with Gasteiger partial charge < -0.3 is 24.1 Å². The van der Waals surface area contributed by atoms with E-state index in [2.05, 4.69) is 6.92 Å². The van der Waals surface area contributed by atoms with Gasteiger partial charge in [0.1, 0.15) is 18.3 Å². The molecule has 5 heteroatoms. The van der Waals surface area contributed by atoms with E-state index in [0.29, 0.717) is 19.8 Å². The highest BCUT2D eigenvalue weighted by molar-refractivity contribution is 5.14. The molecule has 1 saturated heterocycles. The summed E-state index contributed by atoms with van der Waals surface area (Å²) in [6, 6.07) is 20.0. The Morgan fingerprint density at radius 3 is 1.88 bits per heavy atom. The third-order valence-corrected chi connectivity index (χ3v) is 6.11. The summed E-state index contributed by atoms with van der Waals surface area (Å²) < 4.78 is 24.7. The first-order valence-corrected chi connectivity index (χ1v) is 12.4. The molecule has 33 heavy (non-hydrogen) atoms. The molecule has 2 aromatic carbocycles. The minimum Gasteiger partial charge on any atom is -0.388 e. The lowest BCUT2D eigenvalue weighted by atomic mass is 9.99. The number of hydrogen-bond donors (Lipinski definition) is 1. The van der Waals surface area contributed by atoms with Gasteiger partial charge >= 0.3 is 0 Å². The Bertz CT molecular complexity index is 753. The number of unbranched alkanes of at least 4 members (excludes halogenated alkanes) is 5. The second kappa shape index (κ2) is 14.5. The largest absolute Gasteiger partial charge is 0.388 e. The molecule has 182 valence electrons. The Labute approximate surface area is 199 Å². The molecule has 0 aliphatic carbocycles. The Morgan fingerprint density at radius 1 is 0.727 bits per heavy atom. The fraction of sp³-hybridized carbons (Fsp3) is 0.571. The van der Waals surface area contributed by atoms with Crippen molar-refractivity contribution in [2.24, 2.45) is 0 Å². The summed E-state index contributed by atoms with van der Waals surface area (Å²) >= 11 is 0. The van der Waals surface area contributed by atoms with Crippen LogP contribution in [0, 0.1) is 0 Å². The lowest BCUT2D eigenvalue weighted by Gasteiger charge is -2.43. The second-order valence-corrected chi connectivity index (χ2v) is 8.86. The maximum atomic E-state index is 10.9. The molecular formula is C28H40O5. The zero-order valence-corrected chi connectivity index (χ0v) is 20.1. The summed E-state index contributed by atoms with van der Waals surface area (Å²) in [5, 5.41) is 10.9. The third kappa shape index (κ3) is 8.51. The van der Waals surface area contributed by atoms with Crippen molar-refractivity contribution < 1.29 is 24.1 Å². The lowest BCUT2D eigenvalue weighted by molar-refractivity contribution is -0.313. The Kier molecular flexibility index (Phi) is 11.4. The quantitative estimate of drug-likeness (QED) is 0.373. The van der Waals surface area contributed by atoms with Crippen molar-refractivity contribution in [3.63, 3.8) is 0 Å². The molecule has 3 unspecified atom stereocenters. The Morgan fingerprint density at radius 2 is 1.27 bits per heavy atom. The van der Waals surface area contributed by atoms with Gasteiger partial charge in [-0.1, -0.05) is 99.7 Å². The normalized spacial score (nSPS) is 25.2. The molecule has 1 aliphatic rings. The topological polar surface area (TPSA) is 57.2 Å². The van der Waals surface area contributed by atoms with Crippen molar-refractivity contribution in [3.05, 3.63) is 71.8 Å². The first-order valence-electron chi connectivity index (χ1n) is 12.4. The van der Waals surface area contributed by atoms with Gasteiger partial charge in [0, 0.05) is 6.61 Å². The van der Waals surface area contributed by atoms with Crippen LogP contribution in [-0.4, -0.2) is 42.4 Å². The van der Waals surface area contributed by atoms with Crippen LogP contribution in [0.15, 0.2) is 60.7 Å². The molecule has 0 aromatic heterocycles. The minimum absolute atomic E-state index is 0.393. The van der Waals surface area contributed by atoms with Crippen LogP contribution in [-0.2, 0) is 32.2 Å². The SMILES string of the molecule is CCCCCCCCOC1OC(C)[C@H](O)[C@@H](OCc2ccccc2)C1OCc1ccccc1. The molecule has 5 nitrogen and oxygen atoms in total. The van der Waals surface area contributed by atoms with Gasteiger partial charge in [-0.3, -0.25) is 0 Å². The van der Waals surface area contributed by atoms with Gasteiger partial charge in [-0.15, -0.1) is 0 Å². The van der Waals surface area contributed by atoms with Crippen molar-refractivity contribution in [1.82, 2.24) is 0 Å². The van der Waals surface area contributed by atoms with E-state index in [1.165, 1.54) is 25.7 Å². The van der Waals surface area contributed by atoms with Crippen molar-refractivity contribution in [2.75, 3.05) is 6.61 Å². The van der Waals surface area contributed by atoms with Crippen LogP contribution >= 0.6 is 0 Å². The summed E-state index contributed by atoms with van der Waals surface area (Å²) in [5.41, 5.74) is 2.11. The smallest absolute Gasteiger partial charge is 0.186 e. The zero-order valence-electron chi connectivity index (χ0n) is 20.1. The van der Waals surface area contributed by atoms with Crippen LogP contribution < -0.4 is 0 Å². The van der Waals surface area contributed by atoms with Gasteiger partial charge in [0.05, 0.1) is 19.3 Å². The standard InChI is InChI=1S/C28H40O5/c1-3-4-5-6-7-14-19-30-28-27(32-21-24-17-12-9-13-18-24)26(25(29)22(2)33-28)31-20-23-15-10-8-11-16-23/h8-13,15-18,22,25-29H,3-7,14,19-21H2,1-2H3/t22?,25-,26+,27?,28?/m0/s1. The second-order valence-electron chi connectivity index (χ2n) is 8.86. The van der Waals surface area contributed by atoms with Crippen molar-refractivity contribution in [3.8, 4) is 0 Å². The molecule has 1 N–H and O–H groups in total. The van der Waals surface area contributed by atoms with E-state index < -0.39 is 30.7 Å². The molecule has 0 radical (unpaired) electrons. The van der Waals surface area contributed by atoms with E-state index in [9.17, 15) is 5.11 Å². The first kappa shape index (κ1) is 25.9. The zero-order chi connectivity index (χ0) is 23.3. The van der Waals surface area contributed by atoms with Gasteiger partial charge in [0.2, 0.25) is 0 Å². The highest BCUT2D eigenvalue weighted by Crippen LogP contribution is 2.28. The summed E-state index contributed by atoms with van der Waals surface area (Å²) in [6.45, 7) is 5.49. The van der Waals surface area contributed by atoms with Gasteiger partial charge in [-0.05, 0) is 24.5 Å². The van der Waals surface area contributed by atoms with Crippen molar-refractivity contribution >= 4 is 0 Å². The number of rotatable bonds is 14. The maximum absolute atomic E-state index is 10.9. The van der Waals surface area contributed by atoms with Crippen LogP contribution in [0.3, 0.4) is 0 Å². The number of ether oxygens (including phenoxy) is 4. The van der Waals surface area contributed by atoms with E-state index in [-0.39, 0.29) is 0 Å². The van der Waals surface area contributed by atoms with E-state index in [0.717, 1.165) is 24.0 Å². The molecule has 0 spiro atoms. The molecule has 0 amide bonds. The Balaban J connectivity index is 1.62. The highest BCUT2D eigenvalue weighted by atomic mass is 16.7. The molecule has 1 aliphatic heterocycles. The molecule has 5 atom stereocenters. The van der Waals surface area contributed by atoms with E-state index in [4.69, 9.17) is 18.9 Å². The number of benzene rings is 2. The van der Waals surface area contributed by atoms with Crippen LogP contribution in [0.25, 0.3) is 0 Å². The van der Waals surface area contributed by atoms with Crippen LogP contribution in [0.1, 0.15) is 63.5 Å². The van der Waals surface area contributed by atoms with Crippen LogP contribution in [0.2, 0.25) is 0 Å². The molecule has 0 bridgehead atoms. The van der Waals surface area contributed by atoms with Gasteiger partial charge in [-0.2, -0.15) is 0 Å². The lowest BCUT2D eigenvalue weighted by Crippen LogP contribution is -2.59. The fourth-order valence-electron chi connectivity index (χ4n) is 4.10.